The Morgan fingerprint density at radius 1 is 1.29 bits per heavy atom. The van der Waals surface area contributed by atoms with Crippen LogP contribution in [0.2, 0.25) is 5.15 Å². The number of benzene rings is 1. The number of carbonyl (C=O) groups excluding carboxylic acids is 1. The molecule has 0 atom stereocenters. The highest BCUT2D eigenvalue weighted by Crippen LogP contribution is 2.16. The molecule has 9 heteroatoms. The van der Waals surface area contributed by atoms with Crippen molar-refractivity contribution >= 4 is 35.2 Å². The molecule has 1 aromatic heterocycles. The molecule has 0 aliphatic carbocycles. The number of imidazole rings is 1. The first-order valence-electron chi connectivity index (χ1n) is 8.92. The lowest BCUT2D eigenvalue weighted by Gasteiger charge is -2.22. The minimum atomic E-state index is -0.0496. The lowest BCUT2D eigenvalue weighted by molar-refractivity contribution is -0.127. The quantitative estimate of drug-likeness (QED) is 0.306. The van der Waals surface area contributed by atoms with Crippen LogP contribution in [0.1, 0.15) is 5.82 Å². The van der Waals surface area contributed by atoms with E-state index < -0.39 is 0 Å². The molecule has 2 rings (SSSR count). The zero-order valence-corrected chi connectivity index (χ0v) is 18.3. The fourth-order valence-corrected chi connectivity index (χ4v) is 3.24. The Balaban J connectivity index is 1.98. The van der Waals surface area contributed by atoms with E-state index >= 15 is 0 Å². The van der Waals surface area contributed by atoms with Crippen molar-refractivity contribution in [2.45, 2.75) is 11.4 Å². The predicted octanol–water partition coefficient (Wildman–Crippen LogP) is 2.33. The molecular formula is C19H27ClN6OS. The molecule has 0 saturated heterocycles. The first kappa shape index (κ1) is 22.1. The van der Waals surface area contributed by atoms with E-state index in [1.54, 1.807) is 32.1 Å². The van der Waals surface area contributed by atoms with Crippen molar-refractivity contribution in [3.63, 3.8) is 0 Å². The fourth-order valence-electron chi connectivity index (χ4n) is 2.30. The summed E-state index contributed by atoms with van der Waals surface area (Å²) < 4.78 is 1.83. The van der Waals surface area contributed by atoms with Crippen LogP contribution in [-0.4, -0.2) is 71.2 Å². The van der Waals surface area contributed by atoms with Crippen LogP contribution in [0.4, 0.5) is 0 Å². The van der Waals surface area contributed by atoms with Gasteiger partial charge < -0.3 is 19.7 Å². The molecular weight excluding hydrogens is 396 g/mol. The Kier molecular flexibility index (Phi) is 8.66. The topological polar surface area (TPSA) is 65.8 Å². The Morgan fingerprint density at radius 3 is 2.61 bits per heavy atom. The van der Waals surface area contributed by atoms with Crippen molar-refractivity contribution < 1.29 is 4.79 Å². The lowest BCUT2D eigenvalue weighted by Crippen LogP contribution is -2.41. The summed E-state index contributed by atoms with van der Waals surface area (Å²) in [5.74, 6) is 2.31. The molecule has 1 heterocycles. The van der Waals surface area contributed by atoms with Gasteiger partial charge in [-0.3, -0.25) is 4.79 Å². The Bertz CT molecular complexity index is 793. The van der Waals surface area contributed by atoms with E-state index in [0.717, 1.165) is 18.1 Å². The van der Waals surface area contributed by atoms with Crippen LogP contribution in [0.25, 0.3) is 0 Å². The van der Waals surface area contributed by atoms with Gasteiger partial charge in [-0.25, -0.2) is 9.98 Å². The monoisotopic (exact) mass is 422 g/mol. The number of nitrogens with one attached hydrogen (secondary N) is 1. The molecule has 1 amide bonds. The molecule has 0 fully saturated rings. The van der Waals surface area contributed by atoms with Crippen LogP contribution in [0, 0.1) is 0 Å². The number of carbonyl (C=O) groups is 1. The van der Waals surface area contributed by atoms with Gasteiger partial charge in [-0.1, -0.05) is 29.8 Å². The van der Waals surface area contributed by atoms with Crippen LogP contribution >= 0.6 is 23.4 Å². The summed E-state index contributed by atoms with van der Waals surface area (Å²) in [6.45, 7) is 1.34. The summed E-state index contributed by atoms with van der Waals surface area (Å²) in [5.41, 5.74) is 0. The molecule has 0 unspecified atom stereocenters. The maximum Gasteiger partial charge on any atom is 0.243 e. The number of likely N-dealkylation sites (N-methyl/N-ethyl adjacent to an activating group) is 1. The summed E-state index contributed by atoms with van der Waals surface area (Å²) in [6.07, 6.45) is 1.63. The van der Waals surface area contributed by atoms with E-state index in [2.05, 4.69) is 27.4 Å². The van der Waals surface area contributed by atoms with Gasteiger partial charge >= 0.3 is 0 Å². The average Bonchev–Trinajstić information content (AvgIpc) is 2.99. The maximum absolute atomic E-state index is 11.9. The third-order valence-electron chi connectivity index (χ3n) is 4.03. The standard InChI is InChI=1S/C19H27ClN6OS/c1-24(2)18(27)13-23-19(21-10-11-28-15-8-6-5-7-9-15)25(3)14-17-22-12-16(20)26(17)4/h5-9,12H,10-11,13-14H2,1-4H3,(H,21,23). The predicted molar refractivity (Wildman–Crippen MR) is 116 cm³/mol. The molecule has 1 N–H and O–H groups in total. The number of rotatable bonds is 8. The van der Waals surface area contributed by atoms with E-state index in [1.165, 1.54) is 9.80 Å². The van der Waals surface area contributed by atoms with Crippen molar-refractivity contribution in [2.24, 2.45) is 12.0 Å². The zero-order chi connectivity index (χ0) is 20.5. The first-order chi connectivity index (χ1) is 13.4. The van der Waals surface area contributed by atoms with Crippen molar-refractivity contribution in [1.82, 2.24) is 24.7 Å². The number of hydrogen-bond acceptors (Lipinski definition) is 4. The van der Waals surface area contributed by atoms with Gasteiger partial charge in [0.05, 0.1) is 12.7 Å². The Hall–Kier alpha value is -2.19. The van der Waals surface area contributed by atoms with Gasteiger partial charge in [0.15, 0.2) is 5.96 Å². The number of halogens is 1. The lowest BCUT2D eigenvalue weighted by atomic mass is 10.4. The largest absolute Gasteiger partial charge is 0.355 e. The highest BCUT2D eigenvalue weighted by molar-refractivity contribution is 7.99. The molecule has 2 aromatic rings. The number of amides is 1. The number of aromatic nitrogens is 2. The first-order valence-corrected chi connectivity index (χ1v) is 10.3. The van der Waals surface area contributed by atoms with Crippen molar-refractivity contribution in [3.8, 4) is 0 Å². The van der Waals surface area contributed by atoms with Gasteiger partial charge in [0.2, 0.25) is 5.91 Å². The van der Waals surface area contributed by atoms with Gasteiger partial charge in [0.1, 0.15) is 17.5 Å². The molecule has 152 valence electrons. The fraction of sp³-hybridized carbons (Fsp3) is 0.421. The highest BCUT2D eigenvalue weighted by Gasteiger charge is 2.13. The van der Waals surface area contributed by atoms with Gasteiger partial charge in [-0.05, 0) is 12.1 Å². The molecule has 0 aliphatic heterocycles. The molecule has 0 saturated carbocycles. The molecule has 0 radical (unpaired) electrons. The summed E-state index contributed by atoms with van der Waals surface area (Å²) in [7, 11) is 7.23. The molecule has 0 aliphatic rings. The average molecular weight is 423 g/mol. The van der Waals surface area contributed by atoms with Crippen LogP contribution in [-0.2, 0) is 18.4 Å². The summed E-state index contributed by atoms with van der Waals surface area (Å²) in [5, 5.41) is 3.93. The van der Waals surface area contributed by atoms with Crippen LogP contribution in [0.3, 0.4) is 0 Å². The summed E-state index contributed by atoms with van der Waals surface area (Å²) >= 11 is 7.84. The van der Waals surface area contributed by atoms with E-state index in [4.69, 9.17) is 11.6 Å². The zero-order valence-electron chi connectivity index (χ0n) is 16.7. The summed E-state index contributed by atoms with van der Waals surface area (Å²) in [6, 6.07) is 10.2. The maximum atomic E-state index is 11.9. The van der Waals surface area contributed by atoms with E-state index in [9.17, 15) is 4.79 Å². The highest BCUT2D eigenvalue weighted by atomic mass is 35.5. The number of thioether (sulfide) groups is 1. The third kappa shape index (κ3) is 6.76. The SMILES string of the molecule is CN(C)C(=O)CN=C(NCCSc1ccccc1)N(C)Cc1ncc(Cl)n1C. The second-order valence-electron chi connectivity index (χ2n) is 6.43. The molecule has 28 heavy (non-hydrogen) atoms. The minimum absolute atomic E-state index is 0.0496. The smallest absolute Gasteiger partial charge is 0.243 e. The van der Waals surface area contributed by atoms with E-state index in [1.807, 2.05) is 41.8 Å². The molecule has 1 aromatic carbocycles. The Morgan fingerprint density at radius 2 is 2.00 bits per heavy atom. The van der Waals surface area contributed by atoms with Crippen LogP contribution in [0.15, 0.2) is 46.4 Å². The Labute approximate surface area is 175 Å². The van der Waals surface area contributed by atoms with Gasteiger partial charge in [-0.2, -0.15) is 0 Å². The van der Waals surface area contributed by atoms with Crippen molar-refractivity contribution in [1.29, 1.82) is 0 Å². The summed E-state index contributed by atoms with van der Waals surface area (Å²) in [4.78, 5) is 25.4. The number of aliphatic imine (C=N–C) groups is 1. The molecule has 0 spiro atoms. The van der Waals surface area contributed by atoms with Gasteiger partial charge in [0, 0.05) is 45.4 Å². The minimum Gasteiger partial charge on any atom is -0.355 e. The third-order valence-corrected chi connectivity index (χ3v) is 5.39. The normalized spacial score (nSPS) is 11.4. The van der Waals surface area contributed by atoms with Crippen molar-refractivity contribution in [3.05, 3.63) is 47.5 Å². The number of hydrogen-bond donors (Lipinski definition) is 1. The van der Waals surface area contributed by atoms with Crippen LogP contribution in [0.5, 0.6) is 0 Å². The van der Waals surface area contributed by atoms with Crippen LogP contribution < -0.4 is 5.32 Å². The van der Waals surface area contributed by atoms with Gasteiger partial charge in [0.25, 0.3) is 0 Å². The van der Waals surface area contributed by atoms with E-state index in [0.29, 0.717) is 17.7 Å². The molecule has 0 bridgehead atoms. The second-order valence-corrected chi connectivity index (χ2v) is 7.98. The van der Waals surface area contributed by atoms with Gasteiger partial charge in [-0.15, -0.1) is 11.8 Å². The number of guanidine groups is 1. The van der Waals surface area contributed by atoms with E-state index in [-0.39, 0.29) is 12.5 Å². The van der Waals surface area contributed by atoms with Crippen molar-refractivity contribution in [2.75, 3.05) is 40.0 Å². The number of nitrogens with zero attached hydrogens (tertiary/aromatic N) is 5. The second kappa shape index (κ2) is 11.0. The molecule has 7 nitrogen and oxygen atoms in total.